The van der Waals surface area contributed by atoms with Crippen LogP contribution >= 0.6 is 0 Å². The molecule has 7 heteroatoms. The van der Waals surface area contributed by atoms with Crippen molar-refractivity contribution >= 4 is 28.1 Å². The van der Waals surface area contributed by atoms with Crippen LogP contribution in [0.25, 0.3) is 16.6 Å². The lowest BCUT2D eigenvalue weighted by atomic mass is 10.2. The van der Waals surface area contributed by atoms with E-state index in [9.17, 15) is 10.2 Å². The van der Waals surface area contributed by atoms with Crippen molar-refractivity contribution in [3.05, 3.63) is 54.0 Å². The molecule has 1 aliphatic heterocycles. The number of hydrogen-bond donors (Lipinski definition) is 3. The second-order valence-electron chi connectivity index (χ2n) is 6.09. The monoisotopic (exact) mass is 350 g/mol. The Kier molecular flexibility index (Phi) is 3.57. The fourth-order valence-electron chi connectivity index (χ4n) is 3.24. The van der Waals surface area contributed by atoms with Crippen molar-refractivity contribution in [1.29, 1.82) is 5.41 Å². The third-order valence-electron chi connectivity index (χ3n) is 4.59. The Morgan fingerprint density at radius 2 is 1.92 bits per heavy atom. The van der Waals surface area contributed by atoms with Gasteiger partial charge in [-0.2, -0.15) is 0 Å². The molecule has 132 valence electrons. The van der Waals surface area contributed by atoms with Crippen LogP contribution in [0.3, 0.4) is 0 Å². The van der Waals surface area contributed by atoms with Crippen LogP contribution in [-0.2, 0) is 7.05 Å². The SMILES string of the molecule is COc1ccc2c(c1)nc(C1=C(O)CN(c3ccccc3O)C1=N)n2C. The number of fused-ring (bicyclic) bond motifs is 1. The summed E-state index contributed by atoms with van der Waals surface area (Å²) in [5.74, 6) is 1.38. The molecule has 0 fully saturated rings. The minimum Gasteiger partial charge on any atom is -0.509 e. The van der Waals surface area contributed by atoms with Gasteiger partial charge >= 0.3 is 0 Å². The number of aliphatic hydroxyl groups is 1. The van der Waals surface area contributed by atoms with Crippen LogP contribution in [0.4, 0.5) is 5.69 Å². The highest BCUT2D eigenvalue weighted by atomic mass is 16.5. The topological polar surface area (TPSA) is 94.6 Å². The van der Waals surface area contributed by atoms with Crippen LogP contribution in [-0.4, -0.2) is 39.3 Å². The van der Waals surface area contributed by atoms with E-state index in [1.54, 1.807) is 36.3 Å². The number of imidazole rings is 1. The molecule has 0 aliphatic carbocycles. The summed E-state index contributed by atoms with van der Waals surface area (Å²) in [4.78, 5) is 6.14. The van der Waals surface area contributed by atoms with E-state index in [1.165, 1.54) is 0 Å². The Bertz CT molecular complexity index is 1070. The maximum Gasteiger partial charge on any atom is 0.148 e. The van der Waals surface area contributed by atoms with Crippen LogP contribution in [0, 0.1) is 5.41 Å². The number of rotatable bonds is 3. The summed E-state index contributed by atoms with van der Waals surface area (Å²) in [7, 11) is 3.43. The molecule has 0 radical (unpaired) electrons. The van der Waals surface area contributed by atoms with E-state index in [1.807, 2.05) is 29.8 Å². The third kappa shape index (κ3) is 2.28. The fraction of sp³-hybridized carbons (Fsp3) is 0.158. The normalized spacial score (nSPS) is 14.5. The number of aliphatic hydroxyl groups excluding tert-OH is 1. The maximum absolute atomic E-state index is 10.5. The minimum absolute atomic E-state index is 0.0450. The summed E-state index contributed by atoms with van der Waals surface area (Å²) in [5.41, 5.74) is 2.41. The zero-order chi connectivity index (χ0) is 18.4. The smallest absolute Gasteiger partial charge is 0.148 e. The molecule has 0 atom stereocenters. The van der Waals surface area contributed by atoms with Crippen molar-refractivity contribution in [2.75, 3.05) is 18.6 Å². The van der Waals surface area contributed by atoms with Crippen molar-refractivity contribution in [2.45, 2.75) is 0 Å². The number of ether oxygens (including phenoxy) is 1. The molecule has 2 heterocycles. The first-order valence-corrected chi connectivity index (χ1v) is 8.08. The van der Waals surface area contributed by atoms with E-state index in [2.05, 4.69) is 4.98 Å². The zero-order valence-corrected chi connectivity index (χ0v) is 14.4. The quantitative estimate of drug-likeness (QED) is 0.675. The molecule has 0 amide bonds. The Balaban J connectivity index is 1.80. The van der Waals surface area contributed by atoms with E-state index in [-0.39, 0.29) is 23.9 Å². The fourth-order valence-corrected chi connectivity index (χ4v) is 3.24. The number of benzene rings is 2. The average Bonchev–Trinajstić information content (AvgIpc) is 3.11. The zero-order valence-electron chi connectivity index (χ0n) is 14.4. The minimum atomic E-state index is 0.0450. The van der Waals surface area contributed by atoms with Crippen molar-refractivity contribution in [2.24, 2.45) is 7.05 Å². The second-order valence-corrected chi connectivity index (χ2v) is 6.09. The number of hydrogen-bond acceptors (Lipinski definition) is 5. The maximum atomic E-state index is 10.5. The molecule has 1 aliphatic rings. The highest BCUT2D eigenvalue weighted by Crippen LogP contribution is 2.36. The number of phenols is 1. The standard InChI is InChI=1S/C19H18N4O3/c1-22-13-8-7-11(26-2)9-12(13)21-19(22)17-16(25)10-23(18(17)20)14-5-3-4-6-15(14)24/h3-9,20,24-25H,10H2,1-2H3. The van der Waals surface area contributed by atoms with E-state index in [4.69, 9.17) is 10.1 Å². The van der Waals surface area contributed by atoms with Crippen molar-refractivity contribution in [1.82, 2.24) is 9.55 Å². The van der Waals surface area contributed by atoms with Gasteiger partial charge in [0.25, 0.3) is 0 Å². The Morgan fingerprint density at radius 3 is 2.65 bits per heavy atom. The number of anilines is 1. The third-order valence-corrected chi connectivity index (χ3v) is 4.59. The number of aryl methyl sites for hydroxylation is 1. The van der Waals surface area contributed by atoms with E-state index < -0.39 is 0 Å². The number of para-hydroxylation sites is 2. The van der Waals surface area contributed by atoms with Gasteiger partial charge in [-0.3, -0.25) is 5.41 Å². The average molecular weight is 350 g/mol. The molecule has 0 bridgehead atoms. The van der Waals surface area contributed by atoms with Gasteiger partial charge in [0.2, 0.25) is 0 Å². The first-order chi connectivity index (χ1) is 12.5. The molecule has 1 aromatic heterocycles. The molecule has 26 heavy (non-hydrogen) atoms. The van der Waals surface area contributed by atoms with Gasteiger partial charge in [0.1, 0.15) is 28.9 Å². The highest BCUT2D eigenvalue weighted by molar-refractivity contribution is 6.30. The van der Waals surface area contributed by atoms with Crippen molar-refractivity contribution in [3.8, 4) is 11.5 Å². The Morgan fingerprint density at radius 1 is 1.15 bits per heavy atom. The van der Waals surface area contributed by atoms with Crippen LogP contribution in [0.5, 0.6) is 11.5 Å². The number of methoxy groups -OCH3 is 1. The van der Waals surface area contributed by atoms with Crippen molar-refractivity contribution in [3.63, 3.8) is 0 Å². The first-order valence-electron chi connectivity index (χ1n) is 8.08. The van der Waals surface area contributed by atoms with E-state index >= 15 is 0 Å². The number of phenolic OH excluding ortho intramolecular Hbond substituents is 1. The summed E-state index contributed by atoms with van der Waals surface area (Å²) in [5, 5.41) is 29.1. The summed E-state index contributed by atoms with van der Waals surface area (Å²) in [6.45, 7) is 0.109. The number of aromatic hydroxyl groups is 1. The molecule has 0 unspecified atom stereocenters. The largest absolute Gasteiger partial charge is 0.509 e. The Hall–Kier alpha value is -3.48. The molecule has 2 aromatic carbocycles. The van der Waals surface area contributed by atoms with Crippen LogP contribution in [0.2, 0.25) is 0 Å². The predicted octanol–water partition coefficient (Wildman–Crippen LogP) is 3.05. The lowest BCUT2D eigenvalue weighted by molar-refractivity contribution is 0.410. The van der Waals surface area contributed by atoms with Crippen LogP contribution in [0.15, 0.2) is 48.2 Å². The predicted molar refractivity (Wildman–Crippen MR) is 100.0 cm³/mol. The molecule has 0 saturated carbocycles. The molecule has 3 N–H and O–H groups in total. The van der Waals surface area contributed by atoms with Gasteiger partial charge in [0.05, 0.1) is 35.9 Å². The molecular weight excluding hydrogens is 332 g/mol. The molecule has 4 rings (SSSR count). The first kappa shape index (κ1) is 16.0. The summed E-state index contributed by atoms with van der Waals surface area (Å²) < 4.78 is 7.07. The number of nitrogens with one attached hydrogen (secondary N) is 1. The summed E-state index contributed by atoms with van der Waals surface area (Å²) in [6.07, 6.45) is 0. The van der Waals surface area contributed by atoms with Crippen LogP contribution in [0.1, 0.15) is 5.82 Å². The molecule has 0 spiro atoms. The lowest BCUT2D eigenvalue weighted by Gasteiger charge is -2.19. The molecule has 0 saturated heterocycles. The highest BCUT2D eigenvalue weighted by Gasteiger charge is 2.33. The van der Waals surface area contributed by atoms with Gasteiger partial charge in [0, 0.05) is 13.1 Å². The van der Waals surface area contributed by atoms with Crippen molar-refractivity contribution < 1.29 is 14.9 Å². The summed E-state index contributed by atoms with van der Waals surface area (Å²) in [6, 6.07) is 12.3. The number of aromatic nitrogens is 2. The van der Waals surface area contributed by atoms with Gasteiger partial charge in [-0.25, -0.2) is 4.98 Å². The molecule has 3 aromatic rings. The van der Waals surface area contributed by atoms with Gasteiger partial charge in [-0.1, -0.05) is 12.1 Å². The van der Waals surface area contributed by atoms with Crippen LogP contribution < -0.4 is 9.64 Å². The number of amidine groups is 1. The molecular formula is C19H18N4O3. The Labute approximate surface area is 149 Å². The van der Waals surface area contributed by atoms with E-state index in [0.29, 0.717) is 22.8 Å². The molecule has 7 nitrogen and oxygen atoms in total. The lowest BCUT2D eigenvalue weighted by Crippen LogP contribution is -2.26. The van der Waals surface area contributed by atoms with E-state index in [0.717, 1.165) is 11.0 Å². The van der Waals surface area contributed by atoms with Gasteiger partial charge in [-0.15, -0.1) is 0 Å². The summed E-state index contributed by atoms with van der Waals surface area (Å²) >= 11 is 0. The number of nitrogens with zero attached hydrogens (tertiary/aromatic N) is 3. The van der Waals surface area contributed by atoms with Gasteiger partial charge in [-0.05, 0) is 24.3 Å². The van der Waals surface area contributed by atoms with Gasteiger partial charge in [0.15, 0.2) is 0 Å². The van der Waals surface area contributed by atoms with Gasteiger partial charge < -0.3 is 24.4 Å². The second kappa shape index (κ2) is 5.80.